The molecule has 3 N–H and O–H groups in total. The molecule has 0 spiro atoms. The zero-order chi connectivity index (χ0) is 13.1. The summed E-state index contributed by atoms with van der Waals surface area (Å²) in [5, 5.41) is 4.75. The maximum atomic E-state index is 5.86. The van der Waals surface area contributed by atoms with Crippen LogP contribution in [0, 0.1) is 0 Å². The molecule has 3 nitrogen and oxygen atoms in total. The molecule has 1 heterocycles. The van der Waals surface area contributed by atoms with E-state index in [-0.39, 0.29) is 6.04 Å². The molecule has 0 saturated heterocycles. The number of aromatic nitrogens is 1. The zero-order valence-corrected chi connectivity index (χ0v) is 11.5. The fourth-order valence-electron chi connectivity index (χ4n) is 2.54. The molecule has 0 saturated carbocycles. The number of nitrogens with one attached hydrogen (secondary N) is 1. The Labute approximate surface area is 109 Å². The molecular weight excluding hydrogens is 222 g/mol. The molecule has 2 unspecified atom stereocenters. The first-order chi connectivity index (χ1) is 8.63. The van der Waals surface area contributed by atoms with Crippen molar-refractivity contribution in [2.75, 3.05) is 7.05 Å². The Balaban J connectivity index is 2.33. The Morgan fingerprint density at radius 1 is 1.28 bits per heavy atom. The summed E-state index contributed by atoms with van der Waals surface area (Å²) in [6, 6.07) is 9.18. The number of nitrogens with two attached hydrogens (primary N) is 1. The maximum Gasteiger partial charge on any atom is 0.0481 e. The van der Waals surface area contributed by atoms with Gasteiger partial charge in [-0.1, -0.05) is 18.2 Å². The van der Waals surface area contributed by atoms with Crippen LogP contribution in [-0.4, -0.2) is 17.7 Å². The molecule has 1 aromatic carbocycles. The number of nitrogens with zero attached hydrogens (tertiary/aromatic N) is 1. The first kappa shape index (κ1) is 13.1. The lowest BCUT2D eigenvalue weighted by atomic mass is 9.99. The molecule has 0 radical (unpaired) electrons. The first-order valence-electron chi connectivity index (χ1n) is 6.60. The number of fused-ring (bicyclic) bond motifs is 1. The average Bonchev–Trinajstić information content (AvgIpc) is 2.68. The minimum absolute atomic E-state index is 0.260. The van der Waals surface area contributed by atoms with E-state index >= 15 is 0 Å². The van der Waals surface area contributed by atoms with Gasteiger partial charge >= 0.3 is 0 Å². The second kappa shape index (κ2) is 5.55. The van der Waals surface area contributed by atoms with Gasteiger partial charge in [0, 0.05) is 36.2 Å². The molecule has 98 valence electrons. The molecule has 1 aromatic heterocycles. The van der Waals surface area contributed by atoms with Crippen LogP contribution in [0.25, 0.3) is 10.9 Å². The highest BCUT2D eigenvalue weighted by Crippen LogP contribution is 2.28. The second-order valence-corrected chi connectivity index (χ2v) is 5.11. The average molecular weight is 245 g/mol. The SMILES string of the molecule is CNC(CCC(C)N)c1cn(C)c2ccccc12. The van der Waals surface area contributed by atoms with Gasteiger partial charge in [-0.05, 0) is 38.4 Å². The van der Waals surface area contributed by atoms with Gasteiger partial charge in [0.2, 0.25) is 0 Å². The van der Waals surface area contributed by atoms with Crippen molar-refractivity contribution in [3.05, 3.63) is 36.0 Å². The molecule has 0 aliphatic rings. The van der Waals surface area contributed by atoms with Crippen molar-refractivity contribution in [3.8, 4) is 0 Å². The monoisotopic (exact) mass is 245 g/mol. The Bertz CT molecular complexity index is 513. The van der Waals surface area contributed by atoms with Gasteiger partial charge in [-0.3, -0.25) is 0 Å². The zero-order valence-electron chi connectivity index (χ0n) is 11.5. The lowest BCUT2D eigenvalue weighted by molar-refractivity contribution is 0.498. The normalized spacial score (nSPS) is 14.9. The van der Waals surface area contributed by atoms with Crippen LogP contribution in [0.15, 0.2) is 30.5 Å². The first-order valence-corrected chi connectivity index (χ1v) is 6.60. The fourth-order valence-corrected chi connectivity index (χ4v) is 2.54. The van der Waals surface area contributed by atoms with Crippen molar-refractivity contribution in [1.29, 1.82) is 0 Å². The fraction of sp³-hybridized carbons (Fsp3) is 0.467. The lowest BCUT2D eigenvalue weighted by Gasteiger charge is -2.16. The minimum atomic E-state index is 0.260. The number of benzene rings is 1. The summed E-state index contributed by atoms with van der Waals surface area (Å²) in [6.07, 6.45) is 4.34. The van der Waals surface area contributed by atoms with Crippen molar-refractivity contribution < 1.29 is 0 Å². The molecule has 2 rings (SSSR count). The Morgan fingerprint density at radius 2 is 2.00 bits per heavy atom. The highest BCUT2D eigenvalue weighted by atomic mass is 14.9. The Kier molecular flexibility index (Phi) is 4.04. The topological polar surface area (TPSA) is 43.0 Å². The van der Waals surface area contributed by atoms with E-state index < -0.39 is 0 Å². The van der Waals surface area contributed by atoms with E-state index in [1.807, 2.05) is 7.05 Å². The third-order valence-corrected chi connectivity index (χ3v) is 3.56. The van der Waals surface area contributed by atoms with Crippen LogP contribution in [0.2, 0.25) is 0 Å². The summed E-state index contributed by atoms with van der Waals surface area (Å²) in [5.74, 6) is 0. The van der Waals surface area contributed by atoms with Crippen LogP contribution < -0.4 is 11.1 Å². The summed E-state index contributed by atoms with van der Waals surface area (Å²) in [7, 11) is 4.12. The molecule has 3 heteroatoms. The molecule has 18 heavy (non-hydrogen) atoms. The summed E-state index contributed by atoms with van der Waals surface area (Å²) >= 11 is 0. The summed E-state index contributed by atoms with van der Waals surface area (Å²) < 4.78 is 2.20. The van der Waals surface area contributed by atoms with Crippen molar-refractivity contribution >= 4 is 10.9 Å². The molecular formula is C15H23N3. The molecule has 0 aliphatic heterocycles. The number of aryl methyl sites for hydroxylation is 1. The van der Waals surface area contributed by atoms with E-state index in [1.165, 1.54) is 16.5 Å². The number of rotatable bonds is 5. The van der Waals surface area contributed by atoms with Crippen molar-refractivity contribution in [1.82, 2.24) is 9.88 Å². The Hall–Kier alpha value is -1.32. The number of para-hydroxylation sites is 1. The van der Waals surface area contributed by atoms with Crippen LogP contribution in [0.1, 0.15) is 31.4 Å². The minimum Gasteiger partial charge on any atom is -0.350 e. The van der Waals surface area contributed by atoms with Gasteiger partial charge in [-0.15, -0.1) is 0 Å². The highest BCUT2D eigenvalue weighted by Gasteiger charge is 2.15. The van der Waals surface area contributed by atoms with Gasteiger partial charge in [0.05, 0.1) is 0 Å². The van der Waals surface area contributed by atoms with Gasteiger partial charge in [-0.2, -0.15) is 0 Å². The van der Waals surface area contributed by atoms with Crippen LogP contribution in [0.4, 0.5) is 0 Å². The summed E-state index contributed by atoms with van der Waals surface area (Å²) in [5.41, 5.74) is 8.52. The highest BCUT2D eigenvalue weighted by molar-refractivity contribution is 5.84. The van der Waals surface area contributed by atoms with Gasteiger partial charge in [-0.25, -0.2) is 0 Å². The van der Waals surface area contributed by atoms with Crippen LogP contribution in [0.3, 0.4) is 0 Å². The van der Waals surface area contributed by atoms with Gasteiger partial charge in [0.15, 0.2) is 0 Å². The molecule has 2 aromatic rings. The predicted molar refractivity (Wildman–Crippen MR) is 77.6 cm³/mol. The quantitative estimate of drug-likeness (QED) is 0.850. The molecule has 0 aliphatic carbocycles. The predicted octanol–water partition coefficient (Wildman–Crippen LogP) is 2.57. The van der Waals surface area contributed by atoms with E-state index in [0.717, 1.165) is 12.8 Å². The molecule has 0 bridgehead atoms. The van der Waals surface area contributed by atoms with Crippen molar-refractivity contribution in [2.24, 2.45) is 12.8 Å². The van der Waals surface area contributed by atoms with E-state index in [2.05, 4.69) is 54.3 Å². The maximum absolute atomic E-state index is 5.86. The molecule has 2 atom stereocenters. The van der Waals surface area contributed by atoms with E-state index in [0.29, 0.717) is 6.04 Å². The molecule has 0 amide bonds. The largest absolute Gasteiger partial charge is 0.350 e. The molecule has 0 fully saturated rings. The van der Waals surface area contributed by atoms with Crippen LogP contribution in [-0.2, 0) is 7.05 Å². The van der Waals surface area contributed by atoms with Crippen molar-refractivity contribution in [3.63, 3.8) is 0 Å². The van der Waals surface area contributed by atoms with Crippen LogP contribution >= 0.6 is 0 Å². The van der Waals surface area contributed by atoms with Crippen molar-refractivity contribution in [2.45, 2.75) is 31.8 Å². The van der Waals surface area contributed by atoms with Gasteiger partial charge in [0.25, 0.3) is 0 Å². The summed E-state index contributed by atoms with van der Waals surface area (Å²) in [4.78, 5) is 0. The third-order valence-electron chi connectivity index (χ3n) is 3.56. The lowest BCUT2D eigenvalue weighted by Crippen LogP contribution is -2.21. The third kappa shape index (κ3) is 2.57. The van der Waals surface area contributed by atoms with E-state index in [9.17, 15) is 0 Å². The van der Waals surface area contributed by atoms with Gasteiger partial charge < -0.3 is 15.6 Å². The smallest absolute Gasteiger partial charge is 0.0481 e. The Morgan fingerprint density at radius 3 is 2.67 bits per heavy atom. The number of hydrogen-bond donors (Lipinski definition) is 2. The number of hydrogen-bond acceptors (Lipinski definition) is 2. The van der Waals surface area contributed by atoms with Gasteiger partial charge in [0.1, 0.15) is 0 Å². The summed E-state index contributed by atoms with van der Waals surface area (Å²) in [6.45, 7) is 2.07. The van der Waals surface area contributed by atoms with Crippen LogP contribution in [0.5, 0.6) is 0 Å². The van der Waals surface area contributed by atoms with E-state index in [4.69, 9.17) is 5.73 Å². The standard InChI is InChI=1S/C15H23N3/c1-11(16)8-9-14(17-2)13-10-18(3)15-7-5-4-6-12(13)15/h4-7,10-11,14,17H,8-9,16H2,1-3H3. The van der Waals surface area contributed by atoms with E-state index in [1.54, 1.807) is 0 Å². The second-order valence-electron chi connectivity index (χ2n) is 5.11.